The molecule has 0 bridgehead atoms. The molecule has 0 aromatic carbocycles. The SMILES string of the molecule is CNC(C1=CCCCCCC1)c1cnsn1. The van der Waals surface area contributed by atoms with Crippen LogP contribution in [0.4, 0.5) is 0 Å². The van der Waals surface area contributed by atoms with E-state index in [0.29, 0.717) is 0 Å². The molecular formula is C12H19N3S. The van der Waals surface area contributed by atoms with E-state index in [2.05, 4.69) is 20.1 Å². The van der Waals surface area contributed by atoms with Gasteiger partial charge in [0.2, 0.25) is 0 Å². The van der Waals surface area contributed by atoms with Gasteiger partial charge in [-0.25, -0.2) is 0 Å². The fraction of sp³-hybridized carbons (Fsp3) is 0.667. The molecule has 0 aliphatic heterocycles. The molecule has 1 aromatic heterocycles. The Bertz CT molecular complexity index is 332. The minimum atomic E-state index is 0.275. The van der Waals surface area contributed by atoms with Crippen LogP contribution in [0.5, 0.6) is 0 Å². The summed E-state index contributed by atoms with van der Waals surface area (Å²) in [6.45, 7) is 0. The van der Waals surface area contributed by atoms with Crippen molar-refractivity contribution in [1.29, 1.82) is 0 Å². The molecule has 4 heteroatoms. The van der Waals surface area contributed by atoms with Crippen molar-refractivity contribution in [3.8, 4) is 0 Å². The Morgan fingerprint density at radius 1 is 1.31 bits per heavy atom. The van der Waals surface area contributed by atoms with Crippen LogP contribution in [-0.4, -0.2) is 15.8 Å². The number of rotatable bonds is 3. The summed E-state index contributed by atoms with van der Waals surface area (Å²) >= 11 is 1.29. The van der Waals surface area contributed by atoms with Crippen molar-refractivity contribution in [2.45, 2.75) is 44.6 Å². The summed E-state index contributed by atoms with van der Waals surface area (Å²) in [5, 5.41) is 3.36. The van der Waals surface area contributed by atoms with E-state index < -0.39 is 0 Å². The van der Waals surface area contributed by atoms with Crippen molar-refractivity contribution >= 4 is 11.7 Å². The third-order valence-electron chi connectivity index (χ3n) is 3.16. The van der Waals surface area contributed by atoms with E-state index in [1.807, 2.05) is 13.2 Å². The van der Waals surface area contributed by atoms with Crippen LogP contribution in [0.15, 0.2) is 17.8 Å². The summed E-state index contributed by atoms with van der Waals surface area (Å²) in [6, 6.07) is 0.275. The lowest BCUT2D eigenvalue weighted by atomic mass is 9.94. The van der Waals surface area contributed by atoms with Gasteiger partial charge in [-0.15, -0.1) is 0 Å². The monoisotopic (exact) mass is 237 g/mol. The van der Waals surface area contributed by atoms with Crippen molar-refractivity contribution < 1.29 is 0 Å². The number of allylic oxidation sites excluding steroid dienone is 1. The average Bonchev–Trinajstić information content (AvgIpc) is 2.75. The molecule has 1 atom stereocenters. The molecule has 2 rings (SSSR count). The minimum absolute atomic E-state index is 0.275. The molecule has 1 unspecified atom stereocenters. The first-order valence-corrected chi connectivity index (χ1v) is 6.78. The lowest BCUT2D eigenvalue weighted by Crippen LogP contribution is -2.19. The second-order valence-corrected chi connectivity index (χ2v) is 4.84. The first-order valence-electron chi connectivity index (χ1n) is 6.05. The smallest absolute Gasteiger partial charge is 0.0954 e. The van der Waals surface area contributed by atoms with Gasteiger partial charge in [0, 0.05) is 0 Å². The maximum absolute atomic E-state index is 4.34. The normalized spacial score (nSPS) is 19.7. The summed E-state index contributed by atoms with van der Waals surface area (Å²) in [5.74, 6) is 0. The van der Waals surface area contributed by atoms with Crippen molar-refractivity contribution in [1.82, 2.24) is 14.1 Å². The number of hydrogen-bond donors (Lipinski definition) is 1. The second-order valence-electron chi connectivity index (χ2n) is 4.29. The van der Waals surface area contributed by atoms with Crippen molar-refractivity contribution in [2.75, 3.05) is 7.05 Å². The highest BCUT2D eigenvalue weighted by Gasteiger charge is 2.17. The zero-order valence-corrected chi connectivity index (χ0v) is 10.6. The Kier molecular flexibility index (Phi) is 4.48. The molecule has 0 fully saturated rings. The Morgan fingerprint density at radius 3 is 2.94 bits per heavy atom. The molecule has 0 spiro atoms. The molecule has 3 nitrogen and oxygen atoms in total. The molecule has 0 radical (unpaired) electrons. The highest BCUT2D eigenvalue weighted by molar-refractivity contribution is 6.99. The van der Waals surface area contributed by atoms with Gasteiger partial charge in [-0.2, -0.15) is 8.75 Å². The van der Waals surface area contributed by atoms with Gasteiger partial charge in [0.25, 0.3) is 0 Å². The zero-order valence-electron chi connectivity index (χ0n) is 9.78. The number of hydrogen-bond acceptors (Lipinski definition) is 4. The van der Waals surface area contributed by atoms with Crippen LogP contribution in [0, 0.1) is 0 Å². The molecule has 1 aromatic rings. The summed E-state index contributed by atoms with van der Waals surface area (Å²) in [5.41, 5.74) is 2.56. The Morgan fingerprint density at radius 2 is 2.19 bits per heavy atom. The lowest BCUT2D eigenvalue weighted by molar-refractivity contribution is 0.569. The third-order valence-corrected chi connectivity index (χ3v) is 3.65. The van der Waals surface area contributed by atoms with Crippen LogP contribution in [0.25, 0.3) is 0 Å². The second kappa shape index (κ2) is 6.11. The molecule has 0 saturated heterocycles. The first kappa shape index (κ1) is 11.7. The van der Waals surface area contributed by atoms with Crippen LogP contribution in [0.3, 0.4) is 0 Å². The minimum Gasteiger partial charge on any atom is -0.308 e. The lowest BCUT2D eigenvalue weighted by Gasteiger charge is -2.19. The van der Waals surface area contributed by atoms with Gasteiger partial charge in [-0.05, 0) is 32.7 Å². The van der Waals surface area contributed by atoms with Crippen LogP contribution < -0.4 is 5.32 Å². The Hall–Kier alpha value is -0.740. The first-order chi connectivity index (χ1) is 7.92. The maximum Gasteiger partial charge on any atom is 0.0954 e. The highest BCUT2D eigenvalue weighted by Crippen LogP contribution is 2.27. The topological polar surface area (TPSA) is 37.8 Å². The fourth-order valence-corrected chi connectivity index (χ4v) is 2.75. The van der Waals surface area contributed by atoms with Gasteiger partial charge < -0.3 is 5.32 Å². The van der Waals surface area contributed by atoms with Gasteiger partial charge in [-0.1, -0.05) is 24.5 Å². The van der Waals surface area contributed by atoms with E-state index in [1.54, 1.807) is 0 Å². The predicted molar refractivity (Wildman–Crippen MR) is 67.5 cm³/mol. The van der Waals surface area contributed by atoms with E-state index in [-0.39, 0.29) is 6.04 Å². The van der Waals surface area contributed by atoms with Gasteiger partial charge >= 0.3 is 0 Å². The number of aromatic nitrogens is 2. The quantitative estimate of drug-likeness (QED) is 0.821. The number of likely N-dealkylation sites (N-methyl/N-ethyl adjacent to an activating group) is 1. The molecular weight excluding hydrogens is 218 g/mol. The predicted octanol–water partition coefficient (Wildman–Crippen LogP) is 3.08. The molecule has 1 heterocycles. The van der Waals surface area contributed by atoms with E-state index >= 15 is 0 Å². The van der Waals surface area contributed by atoms with Crippen LogP contribution >= 0.6 is 11.7 Å². The largest absolute Gasteiger partial charge is 0.308 e. The average molecular weight is 237 g/mol. The Balaban J connectivity index is 2.12. The maximum atomic E-state index is 4.34. The summed E-state index contributed by atoms with van der Waals surface area (Å²) in [4.78, 5) is 0. The summed E-state index contributed by atoms with van der Waals surface area (Å²) in [6.07, 6.45) is 12.1. The van der Waals surface area contributed by atoms with Gasteiger partial charge in [0.1, 0.15) is 0 Å². The molecule has 1 N–H and O–H groups in total. The fourth-order valence-electron chi connectivity index (χ4n) is 2.30. The molecule has 1 aliphatic rings. The number of nitrogens with one attached hydrogen (secondary N) is 1. The van der Waals surface area contributed by atoms with Crippen LogP contribution in [0.1, 0.15) is 50.3 Å². The van der Waals surface area contributed by atoms with Crippen LogP contribution in [0.2, 0.25) is 0 Å². The van der Waals surface area contributed by atoms with Gasteiger partial charge in [-0.3, -0.25) is 0 Å². The number of nitrogens with zero attached hydrogens (tertiary/aromatic N) is 2. The van der Waals surface area contributed by atoms with E-state index in [9.17, 15) is 0 Å². The van der Waals surface area contributed by atoms with E-state index in [4.69, 9.17) is 0 Å². The third kappa shape index (κ3) is 2.89. The highest BCUT2D eigenvalue weighted by atomic mass is 32.1. The van der Waals surface area contributed by atoms with Crippen molar-refractivity contribution in [2.24, 2.45) is 0 Å². The van der Waals surface area contributed by atoms with Crippen molar-refractivity contribution in [3.05, 3.63) is 23.5 Å². The molecule has 1 aliphatic carbocycles. The molecule has 0 saturated carbocycles. The van der Waals surface area contributed by atoms with Crippen molar-refractivity contribution in [3.63, 3.8) is 0 Å². The van der Waals surface area contributed by atoms with E-state index in [0.717, 1.165) is 5.69 Å². The summed E-state index contributed by atoms with van der Waals surface area (Å²) in [7, 11) is 2.00. The standard InChI is InChI=1S/C12H19N3S/c1-13-12(11-9-14-16-15-11)10-7-5-3-2-4-6-8-10/h7,9,12-13H,2-6,8H2,1H3. The van der Waals surface area contributed by atoms with Gasteiger partial charge in [0.05, 0.1) is 29.7 Å². The van der Waals surface area contributed by atoms with E-state index in [1.165, 1.54) is 55.8 Å². The van der Waals surface area contributed by atoms with Gasteiger partial charge in [0.15, 0.2) is 0 Å². The molecule has 88 valence electrons. The summed E-state index contributed by atoms with van der Waals surface area (Å²) < 4.78 is 8.44. The molecule has 16 heavy (non-hydrogen) atoms. The molecule has 0 amide bonds. The van der Waals surface area contributed by atoms with Crippen LogP contribution in [-0.2, 0) is 0 Å². The zero-order chi connectivity index (χ0) is 11.2. The Labute approximate surface area is 101 Å².